The summed E-state index contributed by atoms with van der Waals surface area (Å²) in [6.07, 6.45) is 9.96. The molecule has 0 saturated carbocycles. The maximum absolute atomic E-state index is 15.7. The van der Waals surface area contributed by atoms with Gasteiger partial charge < -0.3 is 5.32 Å². The number of carbonyl (C=O) groups excluding carboxylic acids is 1. The Morgan fingerprint density at radius 1 is 1.07 bits per heavy atom. The van der Waals surface area contributed by atoms with Gasteiger partial charge in [-0.1, -0.05) is 5.21 Å². The molecule has 0 aliphatic carbocycles. The molecule has 7 rings (SSSR count). The first-order valence-electron chi connectivity index (χ1n) is 12.8. The number of anilines is 1. The number of piperidine rings is 1. The molecular weight excluding hydrogens is 529 g/mol. The molecule has 0 radical (unpaired) electrons. The van der Waals surface area contributed by atoms with Crippen LogP contribution in [0.2, 0.25) is 0 Å². The standard InChI is InChI=1S/C28H22FN9OS/c29-21-13-17(38-27-22(35-36-38)4-2-9-33-27)5-6-19(21)28(39)37(18-3-1-8-30-15-18)26-20-14-25(23-16-31-11-12-32-23)40-24(20)7-10-34-26/h2,4-7,9-14,16,18,30H,1,3,8,15H2/t18-/m1/s1. The van der Waals surface area contributed by atoms with Gasteiger partial charge in [0.1, 0.15) is 17.2 Å². The van der Waals surface area contributed by atoms with E-state index in [1.165, 1.54) is 16.8 Å². The monoisotopic (exact) mass is 551 g/mol. The van der Waals surface area contributed by atoms with Gasteiger partial charge in [-0.05, 0) is 55.8 Å². The summed E-state index contributed by atoms with van der Waals surface area (Å²) in [5.41, 5.74) is 2.21. The lowest BCUT2D eigenvalue weighted by molar-refractivity contribution is 0.0968. The Kier molecular flexibility index (Phi) is 6.17. The highest BCUT2D eigenvalue weighted by Gasteiger charge is 2.32. The van der Waals surface area contributed by atoms with Crippen LogP contribution in [0.4, 0.5) is 10.2 Å². The first-order chi connectivity index (χ1) is 19.7. The molecule has 1 aliphatic heterocycles. The van der Waals surface area contributed by atoms with Crippen LogP contribution in [0.15, 0.2) is 73.4 Å². The zero-order chi connectivity index (χ0) is 27.1. The van der Waals surface area contributed by atoms with Crippen molar-refractivity contribution in [1.82, 2.24) is 40.2 Å². The van der Waals surface area contributed by atoms with Gasteiger partial charge in [0.25, 0.3) is 5.91 Å². The Morgan fingerprint density at radius 2 is 2.02 bits per heavy atom. The predicted octanol–water partition coefficient (Wildman–Crippen LogP) is 4.42. The molecule has 1 saturated heterocycles. The maximum Gasteiger partial charge on any atom is 0.262 e. The van der Waals surface area contributed by atoms with Gasteiger partial charge in [-0.25, -0.2) is 14.4 Å². The number of rotatable bonds is 5. The van der Waals surface area contributed by atoms with E-state index in [4.69, 9.17) is 0 Å². The molecule has 1 N–H and O–H groups in total. The van der Waals surface area contributed by atoms with Crippen molar-refractivity contribution in [3.05, 3.63) is 84.8 Å². The Balaban J connectivity index is 1.31. The summed E-state index contributed by atoms with van der Waals surface area (Å²) in [7, 11) is 0. The Bertz CT molecular complexity index is 1850. The molecule has 5 aromatic heterocycles. The van der Waals surface area contributed by atoms with Crippen molar-refractivity contribution in [2.75, 3.05) is 18.0 Å². The predicted molar refractivity (Wildman–Crippen MR) is 150 cm³/mol. The molecule has 10 nitrogen and oxygen atoms in total. The summed E-state index contributed by atoms with van der Waals surface area (Å²) in [6.45, 7) is 1.45. The SMILES string of the molecule is O=C(c1ccc(-n2nnc3cccnc32)cc1F)N(c1nccc2sc(-c3cnccn3)cc12)[C@@H]1CCCNC1. The zero-order valence-corrected chi connectivity index (χ0v) is 21.9. The summed E-state index contributed by atoms with van der Waals surface area (Å²) < 4.78 is 18.1. The normalized spacial score (nSPS) is 15.5. The smallest absolute Gasteiger partial charge is 0.262 e. The number of aromatic nitrogens is 7. The van der Waals surface area contributed by atoms with E-state index in [2.05, 4.69) is 35.6 Å². The highest BCUT2D eigenvalue weighted by molar-refractivity contribution is 7.22. The lowest BCUT2D eigenvalue weighted by atomic mass is 10.0. The largest absolute Gasteiger partial charge is 0.315 e. The lowest BCUT2D eigenvalue weighted by Crippen LogP contribution is -2.49. The quantitative estimate of drug-likeness (QED) is 0.335. The number of benzene rings is 1. The van der Waals surface area contributed by atoms with Crippen LogP contribution in [-0.4, -0.2) is 60.0 Å². The van der Waals surface area contributed by atoms with Gasteiger partial charge in [-0.2, -0.15) is 4.68 Å². The molecule has 1 fully saturated rings. The third-order valence-corrected chi connectivity index (χ3v) is 8.08. The second kappa shape index (κ2) is 10.1. The Morgan fingerprint density at radius 3 is 2.85 bits per heavy atom. The minimum atomic E-state index is -0.659. The van der Waals surface area contributed by atoms with E-state index in [1.54, 1.807) is 65.4 Å². The van der Waals surface area contributed by atoms with E-state index in [9.17, 15) is 4.79 Å². The molecule has 12 heteroatoms. The third-order valence-electron chi connectivity index (χ3n) is 6.96. The van der Waals surface area contributed by atoms with Gasteiger partial charge >= 0.3 is 0 Å². The molecule has 1 atom stereocenters. The van der Waals surface area contributed by atoms with Crippen LogP contribution in [0.3, 0.4) is 0 Å². The van der Waals surface area contributed by atoms with Crippen molar-refractivity contribution in [2.24, 2.45) is 0 Å². The second-order valence-corrected chi connectivity index (χ2v) is 10.5. The number of amides is 1. The molecule has 40 heavy (non-hydrogen) atoms. The number of nitrogens with one attached hydrogen (secondary N) is 1. The van der Waals surface area contributed by atoms with E-state index in [-0.39, 0.29) is 11.6 Å². The fourth-order valence-corrected chi connectivity index (χ4v) is 6.07. The summed E-state index contributed by atoms with van der Waals surface area (Å²) in [6, 6.07) is 11.7. The molecule has 198 valence electrons. The van der Waals surface area contributed by atoms with E-state index in [0.29, 0.717) is 29.2 Å². The first kappa shape index (κ1) is 24.4. The highest BCUT2D eigenvalue weighted by atomic mass is 32.1. The van der Waals surface area contributed by atoms with Crippen LogP contribution in [0.5, 0.6) is 0 Å². The van der Waals surface area contributed by atoms with Gasteiger partial charge in [-0.3, -0.25) is 19.7 Å². The fourth-order valence-electron chi connectivity index (χ4n) is 5.06. The summed E-state index contributed by atoms with van der Waals surface area (Å²) in [4.78, 5) is 34.3. The number of pyridine rings is 2. The molecule has 6 heterocycles. The fraction of sp³-hybridized carbons (Fsp3) is 0.179. The molecule has 1 aliphatic rings. The minimum absolute atomic E-state index is 0.0464. The topological polar surface area (TPSA) is 115 Å². The molecule has 0 bridgehead atoms. The number of hydrogen-bond donors (Lipinski definition) is 1. The van der Waals surface area contributed by atoms with Crippen LogP contribution in [0.1, 0.15) is 23.2 Å². The van der Waals surface area contributed by atoms with Crippen molar-refractivity contribution in [1.29, 1.82) is 0 Å². The average molecular weight is 552 g/mol. The maximum atomic E-state index is 15.7. The lowest BCUT2D eigenvalue weighted by Gasteiger charge is -2.34. The van der Waals surface area contributed by atoms with Crippen LogP contribution in [0, 0.1) is 5.82 Å². The number of nitrogens with zero attached hydrogens (tertiary/aromatic N) is 8. The molecule has 0 spiro atoms. The van der Waals surface area contributed by atoms with Crippen molar-refractivity contribution in [3.63, 3.8) is 0 Å². The van der Waals surface area contributed by atoms with E-state index >= 15 is 4.39 Å². The summed E-state index contributed by atoms with van der Waals surface area (Å²) in [5.74, 6) is -0.613. The van der Waals surface area contributed by atoms with Crippen LogP contribution < -0.4 is 10.2 Å². The molecule has 1 aromatic carbocycles. The summed E-state index contributed by atoms with van der Waals surface area (Å²) in [5, 5.41) is 12.4. The Hall–Kier alpha value is -4.68. The summed E-state index contributed by atoms with van der Waals surface area (Å²) >= 11 is 1.55. The zero-order valence-electron chi connectivity index (χ0n) is 21.1. The number of fused-ring (bicyclic) bond motifs is 2. The third kappa shape index (κ3) is 4.27. The highest BCUT2D eigenvalue weighted by Crippen LogP contribution is 2.38. The second-order valence-electron chi connectivity index (χ2n) is 9.43. The molecule has 1 amide bonds. The van der Waals surface area contributed by atoms with Crippen molar-refractivity contribution in [2.45, 2.75) is 18.9 Å². The molecule has 0 unspecified atom stereocenters. The minimum Gasteiger partial charge on any atom is -0.315 e. The van der Waals surface area contributed by atoms with E-state index in [1.807, 2.05) is 12.1 Å². The number of carbonyl (C=O) groups is 1. The van der Waals surface area contributed by atoms with Crippen LogP contribution in [-0.2, 0) is 0 Å². The Labute approximate surface area is 231 Å². The van der Waals surface area contributed by atoms with Crippen molar-refractivity contribution in [3.8, 4) is 16.3 Å². The van der Waals surface area contributed by atoms with Gasteiger partial charge in [0, 0.05) is 47.5 Å². The molecular formula is C28H22FN9OS. The van der Waals surface area contributed by atoms with Gasteiger partial charge in [-0.15, -0.1) is 16.4 Å². The van der Waals surface area contributed by atoms with Crippen molar-refractivity contribution < 1.29 is 9.18 Å². The average Bonchev–Trinajstić information content (AvgIpc) is 3.64. The van der Waals surface area contributed by atoms with Crippen molar-refractivity contribution >= 4 is 44.3 Å². The number of hydrogen-bond acceptors (Lipinski definition) is 9. The number of thiophene rings is 1. The number of halogens is 1. The van der Waals surface area contributed by atoms with Gasteiger partial charge in [0.15, 0.2) is 5.65 Å². The van der Waals surface area contributed by atoms with E-state index in [0.717, 1.165) is 40.0 Å². The van der Waals surface area contributed by atoms with Gasteiger partial charge in [0.2, 0.25) is 0 Å². The first-order valence-corrected chi connectivity index (χ1v) is 13.6. The van der Waals surface area contributed by atoms with Crippen LogP contribution in [0.25, 0.3) is 37.5 Å². The van der Waals surface area contributed by atoms with Gasteiger partial charge in [0.05, 0.1) is 34.1 Å². The molecule has 6 aromatic rings. The van der Waals surface area contributed by atoms with E-state index < -0.39 is 11.7 Å². The van der Waals surface area contributed by atoms with Crippen LogP contribution >= 0.6 is 11.3 Å².